The highest BCUT2D eigenvalue weighted by molar-refractivity contribution is 5.79. The zero-order valence-corrected chi connectivity index (χ0v) is 17.0. The van der Waals surface area contributed by atoms with Gasteiger partial charge < -0.3 is 19.9 Å². The molecule has 158 valence electrons. The lowest BCUT2D eigenvalue weighted by Crippen LogP contribution is -2.36. The van der Waals surface area contributed by atoms with E-state index in [0.717, 1.165) is 17.7 Å². The molecule has 0 radical (unpaired) electrons. The van der Waals surface area contributed by atoms with Gasteiger partial charge in [-0.05, 0) is 24.1 Å². The van der Waals surface area contributed by atoms with Gasteiger partial charge in [0.25, 0.3) is 0 Å². The van der Waals surface area contributed by atoms with E-state index in [-0.39, 0.29) is 5.75 Å². The molecule has 0 bridgehead atoms. The van der Waals surface area contributed by atoms with Crippen LogP contribution in [0, 0.1) is 6.92 Å². The van der Waals surface area contributed by atoms with Crippen molar-refractivity contribution in [2.45, 2.75) is 33.2 Å². The molecule has 0 unspecified atom stereocenters. The van der Waals surface area contributed by atoms with Crippen LogP contribution < -0.4 is 15.4 Å². The second-order valence-electron chi connectivity index (χ2n) is 6.82. The molecular formula is C22H25F2N5O. The van der Waals surface area contributed by atoms with Gasteiger partial charge in [-0.1, -0.05) is 42.0 Å². The van der Waals surface area contributed by atoms with Crippen LogP contribution in [0.25, 0.3) is 0 Å². The SMILES string of the molecule is CN=C(NCc1ccc(Cn2ccnc2)cc1)NCc1cc(C)ccc1OC(F)F. The Kier molecular flexibility index (Phi) is 7.37. The quantitative estimate of drug-likeness (QED) is 0.437. The van der Waals surface area contributed by atoms with Gasteiger partial charge in [-0.3, -0.25) is 4.99 Å². The van der Waals surface area contributed by atoms with E-state index in [9.17, 15) is 8.78 Å². The zero-order valence-electron chi connectivity index (χ0n) is 17.0. The molecular weight excluding hydrogens is 388 g/mol. The highest BCUT2D eigenvalue weighted by Gasteiger charge is 2.10. The zero-order chi connectivity index (χ0) is 21.3. The lowest BCUT2D eigenvalue weighted by molar-refractivity contribution is -0.0504. The monoisotopic (exact) mass is 413 g/mol. The molecule has 8 heteroatoms. The minimum absolute atomic E-state index is 0.159. The van der Waals surface area contributed by atoms with E-state index in [1.54, 1.807) is 31.7 Å². The Labute approximate surface area is 174 Å². The summed E-state index contributed by atoms with van der Waals surface area (Å²) in [5.74, 6) is 0.731. The normalized spacial score (nSPS) is 11.6. The Morgan fingerprint density at radius 1 is 1.10 bits per heavy atom. The number of aliphatic imine (C=N–C) groups is 1. The highest BCUT2D eigenvalue weighted by Crippen LogP contribution is 2.22. The van der Waals surface area contributed by atoms with Crippen molar-refractivity contribution in [3.63, 3.8) is 0 Å². The maximum absolute atomic E-state index is 12.6. The van der Waals surface area contributed by atoms with E-state index in [0.29, 0.717) is 24.6 Å². The first-order chi connectivity index (χ1) is 14.5. The van der Waals surface area contributed by atoms with Crippen LogP contribution in [0.3, 0.4) is 0 Å². The van der Waals surface area contributed by atoms with Crippen molar-refractivity contribution in [3.8, 4) is 5.75 Å². The van der Waals surface area contributed by atoms with Crippen molar-refractivity contribution in [3.05, 3.63) is 83.4 Å². The van der Waals surface area contributed by atoms with Crippen LogP contribution in [0.1, 0.15) is 22.3 Å². The van der Waals surface area contributed by atoms with Crippen LogP contribution in [-0.2, 0) is 19.6 Å². The van der Waals surface area contributed by atoms with E-state index < -0.39 is 6.61 Å². The minimum atomic E-state index is -2.86. The second kappa shape index (κ2) is 10.4. The number of benzene rings is 2. The van der Waals surface area contributed by atoms with Gasteiger partial charge in [-0.25, -0.2) is 4.98 Å². The fourth-order valence-corrected chi connectivity index (χ4v) is 3.00. The Morgan fingerprint density at radius 2 is 1.83 bits per heavy atom. The number of aryl methyl sites for hydroxylation is 1. The van der Waals surface area contributed by atoms with Gasteiger partial charge in [0.05, 0.1) is 6.33 Å². The smallest absolute Gasteiger partial charge is 0.387 e. The second-order valence-corrected chi connectivity index (χ2v) is 6.82. The number of rotatable bonds is 8. The molecule has 0 aliphatic rings. The predicted molar refractivity (Wildman–Crippen MR) is 113 cm³/mol. The number of guanidine groups is 1. The average Bonchev–Trinajstić information content (AvgIpc) is 3.24. The van der Waals surface area contributed by atoms with E-state index in [1.165, 1.54) is 5.56 Å². The molecule has 1 aromatic heterocycles. The summed E-state index contributed by atoms with van der Waals surface area (Å²) < 4.78 is 31.9. The molecule has 0 fully saturated rings. The molecule has 3 rings (SSSR count). The van der Waals surface area contributed by atoms with Crippen LogP contribution in [0.4, 0.5) is 8.78 Å². The summed E-state index contributed by atoms with van der Waals surface area (Å²) in [6.07, 6.45) is 5.48. The van der Waals surface area contributed by atoms with E-state index >= 15 is 0 Å². The van der Waals surface area contributed by atoms with Crippen molar-refractivity contribution in [2.24, 2.45) is 4.99 Å². The summed E-state index contributed by atoms with van der Waals surface area (Å²) in [5, 5.41) is 6.37. The van der Waals surface area contributed by atoms with Crippen molar-refractivity contribution < 1.29 is 13.5 Å². The van der Waals surface area contributed by atoms with Crippen LogP contribution in [0.2, 0.25) is 0 Å². The number of hydrogen-bond acceptors (Lipinski definition) is 3. The first kappa shape index (κ1) is 21.3. The number of ether oxygens (including phenoxy) is 1. The molecule has 0 aliphatic heterocycles. The molecule has 0 aliphatic carbocycles. The molecule has 3 aromatic rings. The molecule has 0 amide bonds. The third-order valence-electron chi connectivity index (χ3n) is 4.51. The summed E-state index contributed by atoms with van der Waals surface area (Å²) >= 11 is 0. The van der Waals surface area contributed by atoms with Gasteiger partial charge in [-0.15, -0.1) is 0 Å². The Hall–Kier alpha value is -3.42. The lowest BCUT2D eigenvalue weighted by Gasteiger charge is -2.15. The number of alkyl halides is 2. The van der Waals surface area contributed by atoms with E-state index in [1.807, 2.05) is 23.8 Å². The summed E-state index contributed by atoms with van der Waals surface area (Å²) in [7, 11) is 1.66. The molecule has 1 heterocycles. The first-order valence-electron chi connectivity index (χ1n) is 9.56. The number of aromatic nitrogens is 2. The van der Waals surface area contributed by atoms with Crippen LogP contribution in [-0.4, -0.2) is 29.2 Å². The van der Waals surface area contributed by atoms with Crippen LogP contribution >= 0.6 is 0 Å². The molecule has 0 saturated heterocycles. The maximum Gasteiger partial charge on any atom is 0.387 e. The van der Waals surface area contributed by atoms with Crippen LogP contribution in [0.5, 0.6) is 5.75 Å². The molecule has 30 heavy (non-hydrogen) atoms. The minimum Gasteiger partial charge on any atom is -0.434 e. The highest BCUT2D eigenvalue weighted by atomic mass is 19.3. The third kappa shape index (κ3) is 6.30. The molecule has 0 saturated carbocycles. The van der Waals surface area contributed by atoms with E-state index in [2.05, 4.69) is 49.6 Å². The van der Waals surface area contributed by atoms with Gasteiger partial charge in [0, 0.05) is 44.6 Å². The molecule has 2 aromatic carbocycles. The van der Waals surface area contributed by atoms with Gasteiger partial charge in [0.1, 0.15) is 5.75 Å². The number of hydrogen-bond donors (Lipinski definition) is 2. The fourth-order valence-electron chi connectivity index (χ4n) is 3.00. The Morgan fingerprint density at radius 3 is 2.50 bits per heavy atom. The van der Waals surface area contributed by atoms with E-state index in [4.69, 9.17) is 0 Å². The van der Waals surface area contributed by atoms with Gasteiger partial charge in [-0.2, -0.15) is 8.78 Å². The number of imidazole rings is 1. The van der Waals surface area contributed by atoms with Gasteiger partial charge in [0.15, 0.2) is 5.96 Å². The number of halogens is 2. The predicted octanol–water partition coefficient (Wildman–Crippen LogP) is 3.71. The lowest BCUT2D eigenvalue weighted by atomic mass is 10.1. The molecule has 2 N–H and O–H groups in total. The largest absolute Gasteiger partial charge is 0.434 e. The fraction of sp³-hybridized carbons (Fsp3) is 0.273. The van der Waals surface area contributed by atoms with Crippen molar-refractivity contribution in [2.75, 3.05) is 7.05 Å². The summed E-state index contributed by atoms with van der Waals surface area (Å²) in [6.45, 7) is 0.711. The topological polar surface area (TPSA) is 63.5 Å². The first-order valence-corrected chi connectivity index (χ1v) is 9.56. The Bertz CT molecular complexity index is 956. The number of nitrogens with one attached hydrogen (secondary N) is 2. The molecule has 0 atom stereocenters. The molecule has 6 nitrogen and oxygen atoms in total. The van der Waals surface area contributed by atoms with Crippen molar-refractivity contribution in [1.82, 2.24) is 20.2 Å². The standard InChI is InChI=1S/C22H25F2N5O/c1-16-3-8-20(30-21(23)24)19(11-16)13-28-22(25-2)27-12-17-4-6-18(7-5-17)14-29-10-9-26-15-29/h3-11,15,21H,12-14H2,1-2H3,(H2,25,27,28). The third-order valence-corrected chi connectivity index (χ3v) is 4.51. The number of nitrogens with zero attached hydrogens (tertiary/aromatic N) is 3. The summed E-state index contributed by atoms with van der Waals surface area (Å²) in [5.41, 5.74) is 3.89. The summed E-state index contributed by atoms with van der Waals surface area (Å²) in [6, 6.07) is 13.4. The summed E-state index contributed by atoms with van der Waals surface area (Å²) in [4.78, 5) is 8.24. The average molecular weight is 413 g/mol. The molecule has 0 spiro atoms. The van der Waals surface area contributed by atoms with Crippen LogP contribution in [0.15, 0.2) is 66.2 Å². The van der Waals surface area contributed by atoms with Crippen molar-refractivity contribution >= 4 is 5.96 Å². The van der Waals surface area contributed by atoms with Gasteiger partial charge >= 0.3 is 6.61 Å². The van der Waals surface area contributed by atoms with Gasteiger partial charge in [0.2, 0.25) is 0 Å². The Balaban J connectivity index is 1.53. The maximum atomic E-state index is 12.6. The van der Waals surface area contributed by atoms with Crippen molar-refractivity contribution in [1.29, 1.82) is 0 Å².